The lowest BCUT2D eigenvalue weighted by Gasteiger charge is -2.56. The number of benzene rings is 1. The molecule has 3 atom stereocenters. The molecule has 1 aromatic carbocycles. The number of rotatable bonds is 5. The summed E-state index contributed by atoms with van der Waals surface area (Å²) < 4.78 is 5.66. The van der Waals surface area contributed by atoms with E-state index in [1.54, 1.807) is 62.1 Å². The quantitative estimate of drug-likeness (QED) is 0.500. The molecule has 34 heavy (non-hydrogen) atoms. The molecule has 3 heterocycles. The number of fused-ring (bicyclic) bond motifs is 1. The van der Waals surface area contributed by atoms with Gasteiger partial charge in [-0.3, -0.25) is 19.3 Å². The molecule has 0 aliphatic carbocycles. The van der Waals surface area contributed by atoms with Gasteiger partial charge >= 0.3 is 5.97 Å². The highest BCUT2D eigenvalue weighted by Crippen LogP contribution is 2.43. The maximum absolute atomic E-state index is 13.3. The molecule has 3 amide bonds. The third-order valence-corrected chi connectivity index (χ3v) is 7.97. The molecule has 2 unspecified atom stereocenters. The molecule has 0 saturated carbocycles. The van der Waals surface area contributed by atoms with E-state index in [9.17, 15) is 19.2 Å². The van der Waals surface area contributed by atoms with E-state index in [-0.39, 0.29) is 29.5 Å². The van der Waals surface area contributed by atoms with E-state index in [1.807, 2.05) is 11.4 Å². The van der Waals surface area contributed by atoms with Crippen molar-refractivity contribution >= 4 is 51.8 Å². The zero-order valence-electron chi connectivity index (χ0n) is 19.4. The Balaban J connectivity index is 1.60. The number of carbonyl (C=O) groups excluding carboxylic acids is 4. The van der Waals surface area contributed by atoms with Crippen molar-refractivity contribution in [1.82, 2.24) is 10.2 Å². The average molecular weight is 502 g/mol. The molecule has 8 nitrogen and oxygen atoms in total. The number of thioether (sulfide) groups is 1. The molecule has 2 fully saturated rings. The fourth-order valence-electron chi connectivity index (χ4n) is 4.06. The van der Waals surface area contributed by atoms with Crippen LogP contribution in [0.15, 0.2) is 47.8 Å². The minimum absolute atomic E-state index is 0.0241. The van der Waals surface area contributed by atoms with E-state index in [4.69, 9.17) is 4.74 Å². The first kappa shape index (κ1) is 24.3. The van der Waals surface area contributed by atoms with E-state index < -0.39 is 29.1 Å². The molecule has 0 bridgehead atoms. The maximum Gasteiger partial charge on any atom is 0.335 e. The number of nitrogens with zero attached hydrogens (tertiary/aromatic N) is 2. The van der Waals surface area contributed by atoms with Gasteiger partial charge in [-0.25, -0.2) is 4.79 Å². The smallest absolute Gasteiger partial charge is 0.335 e. The predicted octanol–water partition coefficient (Wildman–Crippen LogP) is 2.90. The Morgan fingerprint density at radius 2 is 1.85 bits per heavy atom. The first-order chi connectivity index (χ1) is 16.0. The van der Waals surface area contributed by atoms with Gasteiger partial charge in [0.05, 0.1) is 11.5 Å². The van der Waals surface area contributed by atoms with Gasteiger partial charge in [-0.05, 0) is 50.4 Å². The van der Waals surface area contributed by atoms with Crippen molar-refractivity contribution < 1.29 is 23.9 Å². The van der Waals surface area contributed by atoms with Crippen LogP contribution in [0.25, 0.3) is 0 Å². The topological polar surface area (TPSA) is 96.0 Å². The Bertz CT molecular complexity index is 1100. The lowest BCUT2D eigenvalue weighted by Crippen LogP contribution is -2.78. The molecule has 10 heteroatoms. The van der Waals surface area contributed by atoms with Gasteiger partial charge in [0, 0.05) is 18.2 Å². The molecule has 2 saturated heterocycles. The summed E-state index contributed by atoms with van der Waals surface area (Å²) in [6, 6.07) is 11.6. The minimum atomic E-state index is -1.41. The van der Waals surface area contributed by atoms with E-state index in [1.165, 1.54) is 34.9 Å². The highest BCUT2D eigenvalue weighted by molar-refractivity contribution is 8.00. The van der Waals surface area contributed by atoms with E-state index >= 15 is 0 Å². The van der Waals surface area contributed by atoms with Gasteiger partial charge in [-0.1, -0.05) is 18.2 Å². The summed E-state index contributed by atoms with van der Waals surface area (Å²) in [4.78, 5) is 55.1. The van der Waals surface area contributed by atoms with Crippen LogP contribution in [0.1, 0.15) is 38.1 Å². The minimum Gasteiger partial charge on any atom is -0.458 e. The summed E-state index contributed by atoms with van der Waals surface area (Å²) in [7, 11) is 0. The molecule has 2 aromatic rings. The predicted molar refractivity (Wildman–Crippen MR) is 132 cm³/mol. The normalized spacial score (nSPS) is 24.0. The number of anilines is 1. The Morgan fingerprint density at radius 3 is 2.44 bits per heavy atom. The van der Waals surface area contributed by atoms with Gasteiger partial charge in [0.15, 0.2) is 5.54 Å². The molecule has 2 aliphatic heterocycles. The van der Waals surface area contributed by atoms with E-state index in [0.717, 1.165) is 0 Å². The zero-order valence-corrected chi connectivity index (χ0v) is 21.1. The number of thiophene rings is 1. The Hall–Kier alpha value is -2.85. The molecule has 2 aliphatic rings. The Kier molecular flexibility index (Phi) is 6.48. The van der Waals surface area contributed by atoms with Crippen molar-refractivity contribution in [3.8, 4) is 0 Å². The third-order valence-electron chi connectivity index (χ3n) is 5.59. The molecule has 4 rings (SSSR count). The molecule has 180 valence electrons. The number of esters is 1. The van der Waals surface area contributed by atoms with Crippen molar-refractivity contribution in [2.45, 2.75) is 50.3 Å². The van der Waals surface area contributed by atoms with Crippen LogP contribution in [-0.2, 0) is 19.1 Å². The van der Waals surface area contributed by atoms with Crippen molar-refractivity contribution in [3.63, 3.8) is 0 Å². The second kappa shape index (κ2) is 9.07. The third kappa shape index (κ3) is 4.56. The lowest BCUT2D eigenvalue weighted by atomic mass is 9.94. The van der Waals surface area contributed by atoms with Crippen LogP contribution in [0.5, 0.6) is 0 Å². The summed E-state index contributed by atoms with van der Waals surface area (Å²) in [5.41, 5.74) is -1.77. The van der Waals surface area contributed by atoms with Crippen molar-refractivity contribution in [2.24, 2.45) is 0 Å². The molecule has 1 N–H and O–H groups in total. The Morgan fingerprint density at radius 1 is 1.15 bits per heavy atom. The van der Waals surface area contributed by atoms with Gasteiger partial charge in [-0.2, -0.15) is 0 Å². The first-order valence-electron chi connectivity index (χ1n) is 10.9. The highest BCUT2D eigenvalue weighted by Gasteiger charge is 2.60. The van der Waals surface area contributed by atoms with Crippen LogP contribution in [0.3, 0.4) is 0 Å². The number of hydrogen-bond donors (Lipinski definition) is 1. The maximum atomic E-state index is 13.3. The van der Waals surface area contributed by atoms with Crippen molar-refractivity contribution in [3.05, 3.63) is 53.4 Å². The fourth-order valence-corrected chi connectivity index (χ4v) is 6.38. The van der Waals surface area contributed by atoms with Crippen LogP contribution >= 0.6 is 23.1 Å². The fraction of sp³-hybridized carbons (Fsp3) is 0.417. The summed E-state index contributed by atoms with van der Waals surface area (Å²) in [5, 5.41) is 5.10. The van der Waals surface area contributed by atoms with Crippen molar-refractivity contribution in [1.29, 1.82) is 0 Å². The SMILES string of the molecule is CC(=O)N(c1cccs1)C1C(=O)N2CC(NC(=O)c3ccccc3)(C(=O)OC(C)(C)C)CS[C@H]12. The standard InChI is InChI=1S/C24H27N3O5S2/c1-15(28)27(17-11-8-12-33-17)18-20(30)26-13-24(14-34-21(18)26,22(31)32-23(2,3)4)25-19(29)16-9-6-5-7-10-16/h5-12,18,21H,13-14H2,1-4H3,(H,25,29)/t18?,21-,24?/m1/s1. The van der Waals surface area contributed by atoms with Gasteiger partial charge in [-0.15, -0.1) is 23.1 Å². The number of carbonyl (C=O) groups is 4. The summed E-state index contributed by atoms with van der Waals surface area (Å²) in [6.07, 6.45) is 0. The van der Waals surface area contributed by atoms with Crippen LogP contribution in [0.2, 0.25) is 0 Å². The van der Waals surface area contributed by atoms with E-state index in [0.29, 0.717) is 10.6 Å². The molecular weight excluding hydrogens is 474 g/mol. The molecule has 1 aromatic heterocycles. The second-order valence-corrected chi connectivity index (χ2v) is 11.4. The first-order valence-corrected chi connectivity index (χ1v) is 12.8. The monoisotopic (exact) mass is 501 g/mol. The number of β-lactam (4-membered cyclic amide) rings is 1. The van der Waals surface area contributed by atoms with Crippen LogP contribution in [0, 0.1) is 0 Å². The number of nitrogens with one attached hydrogen (secondary N) is 1. The number of amides is 3. The van der Waals surface area contributed by atoms with Gasteiger partial charge in [0.1, 0.15) is 17.0 Å². The summed E-state index contributed by atoms with van der Waals surface area (Å²) >= 11 is 2.76. The van der Waals surface area contributed by atoms with Crippen molar-refractivity contribution in [2.75, 3.05) is 17.2 Å². The second-order valence-electron chi connectivity index (χ2n) is 9.36. The molecule has 0 radical (unpaired) electrons. The van der Waals surface area contributed by atoms with Crippen LogP contribution < -0.4 is 10.2 Å². The number of ether oxygens (including phenoxy) is 1. The van der Waals surface area contributed by atoms with Crippen LogP contribution in [-0.4, -0.2) is 63.4 Å². The highest BCUT2D eigenvalue weighted by atomic mass is 32.2. The summed E-state index contributed by atoms with van der Waals surface area (Å²) in [5.74, 6) is -1.28. The average Bonchev–Trinajstić information content (AvgIpc) is 3.30. The van der Waals surface area contributed by atoms with Crippen LogP contribution in [0.4, 0.5) is 5.00 Å². The Labute approximate surface area is 206 Å². The lowest BCUT2D eigenvalue weighted by molar-refractivity contribution is -0.166. The molecule has 0 spiro atoms. The van der Waals surface area contributed by atoms with E-state index in [2.05, 4.69) is 5.32 Å². The molecular formula is C24H27N3O5S2. The van der Waals surface area contributed by atoms with Gasteiger partial charge in [0.2, 0.25) is 11.8 Å². The largest absolute Gasteiger partial charge is 0.458 e. The zero-order chi connectivity index (χ0) is 24.7. The van der Waals surface area contributed by atoms with Gasteiger partial charge in [0.25, 0.3) is 5.91 Å². The van der Waals surface area contributed by atoms with Gasteiger partial charge < -0.3 is 15.0 Å². The summed E-state index contributed by atoms with van der Waals surface area (Å²) in [6.45, 7) is 6.69. The number of hydrogen-bond acceptors (Lipinski definition) is 7.